The second-order valence-electron chi connectivity index (χ2n) is 3.32. The molecule has 0 heterocycles. The van der Waals surface area contributed by atoms with Crippen LogP contribution >= 0.6 is 0 Å². The molecule has 0 aromatic rings. The van der Waals surface area contributed by atoms with Gasteiger partial charge in [0, 0.05) is 5.75 Å². The highest BCUT2D eigenvalue weighted by molar-refractivity contribution is 7.91. The molecule has 0 aromatic carbocycles. The van der Waals surface area contributed by atoms with Crippen LogP contribution in [-0.2, 0) is 9.84 Å². The Balaban J connectivity index is 3.41. The van der Waals surface area contributed by atoms with Gasteiger partial charge in [-0.1, -0.05) is 13.3 Å². The van der Waals surface area contributed by atoms with Gasteiger partial charge in [0.05, 0.1) is 5.75 Å². The molecule has 4 heteroatoms. The van der Waals surface area contributed by atoms with E-state index in [4.69, 9.17) is 0 Å². The summed E-state index contributed by atoms with van der Waals surface area (Å²) < 4.78 is 22.5. The number of sulfone groups is 1. The standard InChI is InChI=1S/C9H21NO2S/c1-3-8-13(11,12)9-6-4-5-7-10-2/h10H,3-9H2,1-2H3. The molecule has 0 atom stereocenters. The predicted octanol–water partition coefficient (Wildman–Crippen LogP) is 1.20. The van der Waals surface area contributed by atoms with Crippen molar-refractivity contribution < 1.29 is 8.42 Å². The molecule has 0 rings (SSSR count). The number of unbranched alkanes of at least 4 members (excludes halogenated alkanes) is 2. The lowest BCUT2D eigenvalue weighted by Crippen LogP contribution is -2.11. The van der Waals surface area contributed by atoms with E-state index in [9.17, 15) is 8.42 Å². The molecule has 0 aliphatic heterocycles. The number of rotatable bonds is 8. The molecule has 0 aliphatic carbocycles. The van der Waals surface area contributed by atoms with Crippen molar-refractivity contribution in [1.29, 1.82) is 0 Å². The fourth-order valence-corrected chi connectivity index (χ4v) is 2.68. The second kappa shape index (κ2) is 7.33. The van der Waals surface area contributed by atoms with Gasteiger partial charge in [0.2, 0.25) is 0 Å². The van der Waals surface area contributed by atoms with Crippen LogP contribution in [0, 0.1) is 0 Å². The van der Waals surface area contributed by atoms with Gasteiger partial charge in [0.15, 0.2) is 0 Å². The lowest BCUT2D eigenvalue weighted by Gasteiger charge is -2.02. The van der Waals surface area contributed by atoms with Crippen LogP contribution in [0.3, 0.4) is 0 Å². The number of nitrogens with one attached hydrogen (secondary N) is 1. The van der Waals surface area contributed by atoms with E-state index >= 15 is 0 Å². The first kappa shape index (κ1) is 12.9. The van der Waals surface area contributed by atoms with Crippen LogP contribution in [0.2, 0.25) is 0 Å². The van der Waals surface area contributed by atoms with E-state index in [-0.39, 0.29) is 0 Å². The summed E-state index contributed by atoms with van der Waals surface area (Å²) in [5.41, 5.74) is 0. The van der Waals surface area contributed by atoms with Crippen molar-refractivity contribution in [3.8, 4) is 0 Å². The van der Waals surface area contributed by atoms with Gasteiger partial charge in [0.1, 0.15) is 9.84 Å². The molecule has 0 bridgehead atoms. The molecule has 0 amide bonds. The van der Waals surface area contributed by atoms with E-state index in [0.29, 0.717) is 11.5 Å². The van der Waals surface area contributed by atoms with E-state index in [1.54, 1.807) is 0 Å². The molecule has 0 saturated heterocycles. The Morgan fingerprint density at radius 1 is 1.08 bits per heavy atom. The zero-order chi connectivity index (χ0) is 10.2. The summed E-state index contributed by atoms with van der Waals surface area (Å²) in [6.07, 6.45) is 3.62. The molecule has 13 heavy (non-hydrogen) atoms. The molecule has 0 radical (unpaired) electrons. The normalized spacial score (nSPS) is 11.8. The molecule has 0 spiro atoms. The SMILES string of the molecule is CCCS(=O)(=O)CCCCCNC. The van der Waals surface area contributed by atoms with Crippen LogP contribution in [0.4, 0.5) is 0 Å². The molecule has 1 N–H and O–H groups in total. The summed E-state index contributed by atoms with van der Waals surface area (Å²) in [6.45, 7) is 2.88. The lowest BCUT2D eigenvalue weighted by atomic mass is 10.2. The average molecular weight is 207 g/mol. The third-order valence-corrected chi connectivity index (χ3v) is 3.84. The van der Waals surface area contributed by atoms with Crippen LogP contribution in [0.1, 0.15) is 32.6 Å². The van der Waals surface area contributed by atoms with Crippen LogP contribution < -0.4 is 5.32 Å². The van der Waals surface area contributed by atoms with Crippen molar-refractivity contribution in [1.82, 2.24) is 5.32 Å². The molecule has 0 fully saturated rings. The van der Waals surface area contributed by atoms with Crippen LogP contribution in [0.15, 0.2) is 0 Å². The Morgan fingerprint density at radius 2 is 1.77 bits per heavy atom. The smallest absolute Gasteiger partial charge is 0.150 e. The van der Waals surface area contributed by atoms with E-state index in [1.165, 1.54) is 0 Å². The van der Waals surface area contributed by atoms with Crippen molar-refractivity contribution in [3.63, 3.8) is 0 Å². The molecular formula is C9H21NO2S. The van der Waals surface area contributed by atoms with E-state index in [1.807, 2.05) is 14.0 Å². The van der Waals surface area contributed by atoms with Crippen molar-refractivity contribution in [2.24, 2.45) is 0 Å². The van der Waals surface area contributed by atoms with Crippen LogP contribution in [0.25, 0.3) is 0 Å². The summed E-state index contributed by atoms with van der Waals surface area (Å²) in [5.74, 6) is 0.712. The van der Waals surface area contributed by atoms with Gasteiger partial charge in [-0.05, 0) is 32.9 Å². The van der Waals surface area contributed by atoms with Crippen molar-refractivity contribution in [2.45, 2.75) is 32.6 Å². The topological polar surface area (TPSA) is 46.2 Å². The van der Waals surface area contributed by atoms with Crippen LogP contribution in [-0.4, -0.2) is 33.5 Å². The quantitative estimate of drug-likeness (QED) is 0.608. The fourth-order valence-electron chi connectivity index (χ4n) is 1.21. The van der Waals surface area contributed by atoms with Gasteiger partial charge in [-0.15, -0.1) is 0 Å². The zero-order valence-electron chi connectivity index (χ0n) is 8.67. The maximum Gasteiger partial charge on any atom is 0.150 e. The Hall–Kier alpha value is -0.0900. The minimum absolute atomic E-state index is 0.346. The Morgan fingerprint density at radius 3 is 2.31 bits per heavy atom. The van der Waals surface area contributed by atoms with E-state index in [0.717, 1.165) is 32.2 Å². The van der Waals surface area contributed by atoms with Gasteiger partial charge in [0.25, 0.3) is 0 Å². The lowest BCUT2D eigenvalue weighted by molar-refractivity contribution is 0.586. The minimum atomic E-state index is -2.74. The van der Waals surface area contributed by atoms with Gasteiger partial charge in [-0.2, -0.15) is 0 Å². The average Bonchev–Trinajstić information content (AvgIpc) is 2.04. The molecule has 0 saturated carbocycles. The highest BCUT2D eigenvalue weighted by Crippen LogP contribution is 2.01. The Bertz CT molecular complexity index is 200. The molecule has 0 unspecified atom stereocenters. The number of hydrogen-bond donors (Lipinski definition) is 1. The maximum absolute atomic E-state index is 11.2. The summed E-state index contributed by atoms with van der Waals surface area (Å²) in [4.78, 5) is 0. The predicted molar refractivity (Wildman–Crippen MR) is 56.7 cm³/mol. The molecular weight excluding hydrogens is 186 g/mol. The summed E-state index contributed by atoms with van der Waals surface area (Å²) >= 11 is 0. The van der Waals surface area contributed by atoms with Gasteiger partial charge >= 0.3 is 0 Å². The van der Waals surface area contributed by atoms with Crippen molar-refractivity contribution in [3.05, 3.63) is 0 Å². The number of hydrogen-bond acceptors (Lipinski definition) is 3. The van der Waals surface area contributed by atoms with E-state index < -0.39 is 9.84 Å². The first-order chi connectivity index (χ1) is 6.12. The summed E-state index contributed by atoms with van der Waals surface area (Å²) in [5, 5.41) is 3.04. The van der Waals surface area contributed by atoms with Gasteiger partial charge in [-0.25, -0.2) is 8.42 Å². The van der Waals surface area contributed by atoms with Crippen molar-refractivity contribution in [2.75, 3.05) is 25.1 Å². The fraction of sp³-hybridized carbons (Fsp3) is 1.00. The molecule has 80 valence electrons. The van der Waals surface area contributed by atoms with Gasteiger partial charge < -0.3 is 5.32 Å². The maximum atomic E-state index is 11.2. The largest absolute Gasteiger partial charge is 0.320 e. The molecule has 0 aliphatic rings. The van der Waals surface area contributed by atoms with Crippen molar-refractivity contribution >= 4 is 9.84 Å². The monoisotopic (exact) mass is 207 g/mol. The third kappa shape index (κ3) is 8.25. The highest BCUT2D eigenvalue weighted by atomic mass is 32.2. The summed E-state index contributed by atoms with van der Waals surface area (Å²) in [6, 6.07) is 0. The first-order valence-corrected chi connectivity index (χ1v) is 6.79. The first-order valence-electron chi connectivity index (χ1n) is 4.97. The zero-order valence-corrected chi connectivity index (χ0v) is 9.49. The van der Waals surface area contributed by atoms with Crippen LogP contribution in [0.5, 0.6) is 0 Å². The summed E-state index contributed by atoms with van der Waals surface area (Å²) in [7, 11) is -0.829. The molecule has 0 aromatic heterocycles. The Labute approximate surface area is 81.8 Å². The minimum Gasteiger partial charge on any atom is -0.320 e. The third-order valence-electron chi connectivity index (χ3n) is 1.90. The molecule has 3 nitrogen and oxygen atoms in total. The second-order valence-corrected chi connectivity index (χ2v) is 5.62. The Kier molecular flexibility index (Phi) is 7.28. The highest BCUT2D eigenvalue weighted by Gasteiger charge is 2.07. The van der Waals surface area contributed by atoms with Gasteiger partial charge in [-0.3, -0.25) is 0 Å². The van der Waals surface area contributed by atoms with E-state index in [2.05, 4.69) is 5.32 Å².